The number of allylic oxidation sites excluding steroid dienone is 3. The van der Waals surface area contributed by atoms with Gasteiger partial charge in [0.15, 0.2) is 5.78 Å². The lowest BCUT2D eigenvalue weighted by atomic mass is 9.67. The summed E-state index contributed by atoms with van der Waals surface area (Å²) < 4.78 is 22.9. The van der Waals surface area contributed by atoms with Crippen LogP contribution in [0.1, 0.15) is 94.3 Å². The zero-order valence-electron chi connectivity index (χ0n) is 32.9. The molecule has 0 radical (unpaired) electrons. The van der Waals surface area contributed by atoms with Gasteiger partial charge in [-0.25, -0.2) is 0 Å². The highest BCUT2D eigenvalue weighted by Crippen LogP contribution is 2.43. The number of aromatic nitrogens is 2. The van der Waals surface area contributed by atoms with E-state index in [9.17, 15) is 9.59 Å². The molecule has 1 aromatic heterocycles. The van der Waals surface area contributed by atoms with Gasteiger partial charge in [0.05, 0.1) is 38.0 Å². The fourth-order valence-electron chi connectivity index (χ4n) is 8.27. The Kier molecular flexibility index (Phi) is 13.2. The maximum Gasteiger partial charge on any atom is 0.165 e. The summed E-state index contributed by atoms with van der Waals surface area (Å²) in [5.41, 5.74) is 6.10. The highest BCUT2D eigenvalue weighted by molar-refractivity contribution is 6.08. The number of benzene rings is 2. The Labute approximate surface area is 322 Å². The van der Waals surface area contributed by atoms with Gasteiger partial charge in [-0.05, 0) is 89.9 Å². The number of hydrogen-bond acceptors (Lipinski definition) is 7. The second kappa shape index (κ2) is 17.8. The highest BCUT2D eigenvalue weighted by Gasteiger charge is 2.42. The molecule has 2 spiro atoms. The summed E-state index contributed by atoms with van der Waals surface area (Å²) in [6.07, 6.45) is 15.3. The van der Waals surface area contributed by atoms with Gasteiger partial charge >= 0.3 is 0 Å². The topological polar surface area (TPSA) is 99.7 Å². The van der Waals surface area contributed by atoms with E-state index in [1.807, 2.05) is 56.3 Å². The lowest BCUT2D eigenvalue weighted by molar-refractivity contribution is -0.135. The van der Waals surface area contributed by atoms with E-state index >= 15 is 0 Å². The third-order valence-electron chi connectivity index (χ3n) is 11.5. The molecule has 8 heteroatoms. The Bertz CT molecular complexity index is 1730. The molecule has 2 aliphatic carbocycles. The molecule has 2 aromatic carbocycles. The van der Waals surface area contributed by atoms with Crippen molar-refractivity contribution in [2.75, 3.05) is 39.6 Å². The van der Waals surface area contributed by atoms with Crippen LogP contribution in [0.4, 0.5) is 0 Å². The minimum atomic E-state index is -0.513. The molecule has 290 valence electrons. The van der Waals surface area contributed by atoms with E-state index in [0.29, 0.717) is 45.9 Å². The zero-order valence-corrected chi connectivity index (χ0v) is 32.9. The molecule has 0 saturated carbocycles. The number of Topliss-reactive ketones (excluding diaryl/α,β-unsaturated/α-hetero) is 1. The number of ketones is 2. The molecule has 7 rings (SSSR count). The molecule has 2 saturated heterocycles. The number of carbonyl (C=O) groups is 2. The number of ether oxygens (including phenoxy) is 4. The van der Waals surface area contributed by atoms with Crippen LogP contribution < -0.4 is 0 Å². The number of nitrogens with zero attached hydrogens (tertiary/aromatic N) is 1. The van der Waals surface area contributed by atoms with Crippen LogP contribution in [0.25, 0.3) is 6.08 Å². The maximum atomic E-state index is 12.9. The smallest absolute Gasteiger partial charge is 0.165 e. The quantitative estimate of drug-likeness (QED) is 0.175. The number of nitrogens with one attached hydrogen (secondary N) is 1. The zero-order chi connectivity index (χ0) is 38.1. The van der Waals surface area contributed by atoms with Crippen molar-refractivity contribution >= 4 is 17.6 Å². The van der Waals surface area contributed by atoms with Gasteiger partial charge < -0.3 is 18.9 Å². The second-order valence-corrected chi connectivity index (χ2v) is 17.6. The van der Waals surface area contributed by atoms with E-state index in [1.54, 1.807) is 6.08 Å². The van der Waals surface area contributed by atoms with E-state index < -0.39 is 5.92 Å². The van der Waals surface area contributed by atoms with Gasteiger partial charge in [-0.2, -0.15) is 5.10 Å². The first-order chi connectivity index (χ1) is 25.9. The van der Waals surface area contributed by atoms with Crippen molar-refractivity contribution in [2.45, 2.75) is 92.3 Å². The van der Waals surface area contributed by atoms with Crippen molar-refractivity contribution in [3.63, 3.8) is 0 Å². The lowest BCUT2D eigenvalue weighted by Gasteiger charge is -2.39. The Morgan fingerprint density at radius 2 is 1.31 bits per heavy atom. The first-order valence-electron chi connectivity index (χ1n) is 19.8. The van der Waals surface area contributed by atoms with Crippen molar-refractivity contribution < 1.29 is 28.5 Å². The van der Waals surface area contributed by atoms with Crippen molar-refractivity contribution in [3.8, 4) is 0 Å². The summed E-state index contributed by atoms with van der Waals surface area (Å²) in [5, 5.41) is 7.88. The van der Waals surface area contributed by atoms with E-state index in [4.69, 9.17) is 18.9 Å². The third kappa shape index (κ3) is 11.0. The molecule has 4 aliphatic rings. The van der Waals surface area contributed by atoms with Crippen molar-refractivity contribution in [2.24, 2.45) is 27.6 Å². The molecule has 3 aromatic rings. The highest BCUT2D eigenvalue weighted by atomic mass is 16.5. The van der Waals surface area contributed by atoms with Crippen molar-refractivity contribution in [3.05, 3.63) is 107 Å². The minimum absolute atomic E-state index is 0.0412. The molecule has 2 aliphatic heterocycles. The van der Waals surface area contributed by atoms with Gasteiger partial charge in [-0.3, -0.25) is 14.7 Å². The number of hydrogen-bond donors (Lipinski definition) is 1. The van der Waals surface area contributed by atoms with Crippen LogP contribution >= 0.6 is 0 Å². The van der Waals surface area contributed by atoms with E-state index in [1.165, 1.54) is 16.8 Å². The first-order valence-corrected chi connectivity index (χ1v) is 19.8. The van der Waals surface area contributed by atoms with Crippen LogP contribution in [0.5, 0.6) is 0 Å². The molecule has 54 heavy (non-hydrogen) atoms. The molecule has 8 nitrogen and oxygen atoms in total. The third-order valence-corrected chi connectivity index (χ3v) is 11.5. The predicted molar refractivity (Wildman–Crippen MR) is 212 cm³/mol. The molecular weight excluding hydrogens is 677 g/mol. The SMILES string of the molecule is CC(C)(COCc1ccccc1)CC(=O)C1CC2(C=CC1=O)CCOCC2.CC(C)(COCc1ccccc1)Cc1[nH]nc2c1CC1(C=C2)CCOCC1. The van der Waals surface area contributed by atoms with Crippen LogP contribution in [0.3, 0.4) is 0 Å². The van der Waals surface area contributed by atoms with Crippen LogP contribution in [0, 0.1) is 27.6 Å². The van der Waals surface area contributed by atoms with E-state index in [0.717, 1.165) is 69.6 Å². The van der Waals surface area contributed by atoms with Crippen LogP contribution in [-0.2, 0) is 54.6 Å². The number of aromatic amines is 1. The molecule has 0 bridgehead atoms. The Morgan fingerprint density at radius 1 is 0.778 bits per heavy atom. The van der Waals surface area contributed by atoms with Crippen LogP contribution in [0.2, 0.25) is 0 Å². The van der Waals surface area contributed by atoms with Gasteiger partial charge in [0.2, 0.25) is 0 Å². The number of carbonyl (C=O) groups excluding carboxylic acids is 2. The Morgan fingerprint density at radius 3 is 1.91 bits per heavy atom. The number of fused-ring (bicyclic) bond motifs is 1. The Balaban J connectivity index is 0.000000184. The second-order valence-electron chi connectivity index (χ2n) is 17.6. The summed E-state index contributed by atoms with van der Waals surface area (Å²) in [6.45, 7) is 14.2. The van der Waals surface area contributed by atoms with Crippen LogP contribution in [0.15, 0.2) is 78.9 Å². The largest absolute Gasteiger partial charge is 0.381 e. The summed E-state index contributed by atoms with van der Waals surface area (Å²) in [4.78, 5) is 25.3. The molecule has 1 atom stereocenters. The lowest BCUT2D eigenvalue weighted by Crippen LogP contribution is -2.39. The van der Waals surface area contributed by atoms with Gasteiger partial charge in [0, 0.05) is 44.1 Å². The Hall–Kier alpha value is -3.69. The summed E-state index contributed by atoms with van der Waals surface area (Å²) in [6, 6.07) is 20.4. The van der Waals surface area contributed by atoms with Crippen LogP contribution in [-0.4, -0.2) is 61.4 Å². The predicted octanol–water partition coefficient (Wildman–Crippen LogP) is 8.69. The molecule has 0 amide bonds. The van der Waals surface area contributed by atoms with E-state index in [2.05, 4.69) is 60.5 Å². The summed E-state index contributed by atoms with van der Waals surface area (Å²) >= 11 is 0. The number of rotatable bonds is 13. The molecule has 1 unspecified atom stereocenters. The van der Waals surface area contributed by atoms with Crippen molar-refractivity contribution in [1.82, 2.24) is 10.2 Å². The fraction of sp³-hybridized carbons (Fsp3) is 0.543. The molecule has 1 N–H and O–H groups in total. The monoisotopic (exact) mass is 736 g/mol. The standard InChI is InChI=1S/C23H30N2O2.C23H30O4/c1-22(2,17-27-16-18-6-4-3-5-7-18)15-21-19-14-23(10-12-26-13-11-23)9-8-20(19)24-25-21;1-22(2,17-27-16-18-6-4-3-5-7-18)15-21(25)19-14-23(9-8-20(19)24)10-12-26-13-11-23/h3-9H,10-17H2,1-2H3,(H,24,25);3-9,19H,10-17H2,1-2H3. The number of H-pyrrole nitrogens is 1. The van der Waals surface area contributed by atoms with Gasteiger partial charge in [-0.15, -0.1) is 0 Å². The molecular formula is C46H60N2O6. The van der Waals surface area contributed by atoms with Gasteiger partial charge in [-0.1, -0.05) is 101 Å². The van der Waals surface area contributed by atoms with Crippen molar-refractivity contribution in [1.29, 1.82) is 0 Å². The van der Waals surface area contributed by atoms with Gasteiger partial charge in [0.1, 0.15) is 5.78 Å². The summed E-state index contributed by atoms with van der Waals surface area (Å²) in [7, 11) is 0. The minimum Gasteiger partial charge on any atom is -0.381 e. The fourth-order valence-corrected chi connectivity index (χ4v) is 8.27. The molecule has 3 heterocycles. The maximum absolute atomic E-state index is 12.9. The van der Waals surface area contributed by atoms with E-state index in [-0.39, 0.29) is 33.2 Å². The first kappa shape index (κ1) is 40.0. The normalized spacial score (nSPS) is 20.4. The average molecular weight is 737 g/mol. The average Bonchev–Trinajstić information content (AvgIpc) is 3.54. The summed E-state index contributed by atoms with van der Waals surface area (Å²) in [5.74, 6) is -0.511. The molecule has 2 fully saturated rings. The van der Waals surface area contributed by atoms with Gasteiger partial charge in [0.25, 0.3) is 0 Å².